The lowest BCUT2D eigenvalue weighted by molar-refractivity contribution is -0.136. The van der Waals surface area contributed by atoms with Gasteiger partial charge in [-0.25, -0.2) is 8.78 Å². The number of hydrogen-bond donors (Lipinski definition) is 2. The van der Waals surface area contributed by atoms with Crippen LogP contribution in [0.4, 0.5) is 8.78 Å². The summed E-state index contributed by atoms with van der Waals surface area (Å²) in [6.45, 7) is 0. The van der Waals surface area contributed by atoms with Crippen LogP contribution in [0, 0.1) is 11.6 Å². The number of nitrogens with one attached hydrogen (secondary N) is 2. The monoisotopic (exact) mass is 389 g/mol. The quantitative estimate of drug-likeness (QED) is 0.735. The number of halogens is 2. The molecule has 1 saturated carbocycles. The summed E-state index contributed by atoms with van der Waals surface area (Å²) in [6.07, 6.45) is 2.06. The summed E-state index contributed by atoms with van der Waals surface area (Å²) in [5.74, 6) is -5.50. The van der Waals surface area contributed by atoms with Gasteiger partial charge in [0.1, 0.15) is 6.04 Å². The van der Waals surface area contributed by atoms with Crippen molar-refractivity contribution >= 4 is 23.6 Å². The standard InChI is InChI=1S/C19H17F2N3O4/c20-11-6-10-15(14(16(11)21)7-3-8-5-9(4-7)22-8)19(28)24(18(10)27)12-1-2-13(25)23-17(12)26/h6-9,12,22H,1-5H2,(H,23,25,26). The summed E-state index contributed by atoms with van der Waals surface area (Å²) in [4.78, 5) is 50.2. The van der Waals surface area contributed by atoms with E-state index in [1.54, 1.807) is 0 Å². The molecule has 4 aliphatic heterocycles. The average Bonchev–Trinajstić information content (AvgIpc) is 2.86. The Morgan fingerprint density at radius 1 is 1.00 bits per heavy atom. The van der Waals surface area contributed by atoms with Crippen LogP contribution in [-0.2, 0) is 9.59 Å². The number of fused-ring (bicyclic) bond motifs is 3. The Hall–Kier alpha value is -2.68. The molecule has 1 aliphatic carbocycles. The molecule has 4 amide bonds. The predicted octanol–water partition coefficient (Wildman–Crippen LogP) is 0.974. The lowest BCUT2D eigenvalue weighted by Crippen LogP contribution is -2.57. The Kier molecular flexibility index (Phi) is 3.67. The predicted molar refractivity (Wildman–Crippen MR) is 90.3 cm³/mol. The maximum absolute atomic E-state index is 14.8. The zero-order valence-electron chi connectivity index (χ0n) is 14.8. The highest BCUT2D eigenvalue weighted by atomic mass is 19.2. The highest BCUT2D eigenvalue weighted by Crippen LogP contribution is 2.44. The van der Waals surface area contributed by atoms with E-state index in [0.29, 0.717) is 12.8 Å². The summed E-state index contributed by atoms with van der Waals surface area (Å²) in [5.41, 5.74) is -0.407. The van der Waals surface area contributed by atoms with Crippen LogP contribution in [0.25, 0.3) is 0 Å². The second kappa shape index (κ2) is 5.91. The van der Waals surface area contributed by atoms with Gasteiger partial charge in [0, 0.05) is 24.1 Å². The highest BCUT2D eigenvalue weighted by Gasteiger charge is 2.49. The molecule has 9 heteroatoms. The molecule has 4 fully saturated rings. The van der Waals surface area contributed by atoms with Crippen molar-refractivity contribution < 1.29 is 28.0 Å². The average molecular weight is 389 g/mol. The largest absolute Gasteiger partial charge is 0.311 e. The molecule has 1 aromatic rings. The van der Waals surface area contributed by atoms with Crippen molar-refractivity contribution in [2.75, 3.05) is 0 Å². The molecule has 3 unspecified atom stereocenters. The summed E-state index contributed by atoms with van der Waals surface area (Å²) >= 11 is 0. The second-order valence-electron chi connectivity index (χ2n) is 7.92. The Morgan fingerprint density at radius 3 is 2.32 bits per heavy atom. The Morgan fingerprint density at radius 2 is 1.68 bits per heavy atom. The van der Waals surface area contributed by atoms with Crippen molar-refractivity contribution in [2.24, 2.45) is 0 Å². The molecule has 3 saturated heterocycles. The summed E-state index contributed by atoms with van der Waals surface area (Å²) < 4.78 is 29.1. The van der Waals surface area contributed by atoms with Gasteiger partial charge in [-0.2, -0.15) is 0 Å². The fraction of sp³-hybridized carbons (Fsp3) is 0.474. The van der Waals surface area contributed by atoms with Gasteiger partial charge >= 0.3 is 0 Å². The van der Waals surface area contributed by atoms with Gasteiger partial charge in [0.2, 0.25) is 11.8 Å². The van der Waals surface area contributed by atoms with Gasteiger partial charge in [-0.05, 0) is 37.7 Å². The number of benzene rings is 1. The van der Waals surface area contributed by atoms with Crippen molar-refractivity contribution in [3.8, 4) is 0 Å². The Balaban J connectivity index is 1.57. The SMILES string of the molecule is O=C1CCC(N2C(=O)c3cc(F)c(F)c(C4CC5CC(C4)N5)c3C2=O)C(=O)N1. The molecule has 28 heavy (non-hydrogen) atoms. The fourth-order valence-electron chi connectivity index (χ4n) is 4.98. The number of piperidine rings is 2. The summed E-state index contributed by atoms with van der Waals surface area (Å²) in [5, 5.41) is 5.41. The first-order chi connectivity index (χ1) is 13.3. The maximum Gasteiger partial charge on any atom is 0.262 e. The summed E-state index contributed by atoms with van der Waals surface area (Å²) in [7, 11) is 0. The van der Waals surface area contributed by atoms with Gasteiger partial charge in [0.05, 0.1) is 11.1 Å². The topological polar surface area (TPSA) is 95.6 Å². The van der Waals surface area contributed by atoms with Gasteiger partial charge < -0.3 is 5.32 Å². The minimum absolute atomic E-state index is 0.00602. The van der Waals surface area contributed by atoms with Crippen LogP contribution >= 0.6 is 0 Å². The molecule has 3 atom stereocenters. The first-order valence-corrected chi connectivity index (χ1v) is 9.34. The van der Waals surface area contributed by atoms with Crippen LogP contribution in [-0.4, -0.2) is 46.7 Å². The highest BCUT2D eigenvalue weighted by molar-refractivity contribution is 6.24. The number of imide groups is 2. The molecular formula is C19H17F2N3O4. The Bertz CT molecular complexity index is 947. The van der Waals surface area contributed by atoms with Crippen LogP contribution < -0.4 is 10.6 Å². The molecule has 146 valence electrons. The van der Waals surface area contributed by atoms with E-state index in [1.165, 1.54) is 0 Å². The number of hydrogen-bond acceptors (Lipinski definition) is 5. The normalized spacial score (nSPS) is 31.6. The second-order valence-corrected chi connectivity index (χ2v) is 7.92. The zero-order chi connectivity index (χ0) is 19.7. The van der Waals surface area contributed by atoms with Gasteiger partial charge in [-0.1, -0.05) is 0 Å². The number of carbonyl (C=O) groups is 4. The molecule has 0 aromatic heterocycles. The molecule has 1 aromatic carbocycles. The number of rotatable bonds is 2. The zero-order valence-corrected chi connectivity index (χ0v) is 14.8. The van der Waals surface area contributed by atoms with Gasteiger partial charge in [0.15, 0.2) is 11.6 Å². The van der Waals surface area contributed by atoms with Crippen molar-refractivity contribution in [1.82, 2.24) is 15.5 Å². The van der Waals surface area contributed by atoms with Crippen LogP contribution in [0.3, 0.4) is 0 Å². The molecule has 2 bridgehead atoms. The van der Waals surface area contributed by atoms with Crippen LogP contribution in [0.5, 0.6) is 0 Å². The Labute approximate surface area is 158 Å². The van der Waals surface area contributed by atoms with E-state index in [-0.39, 0.29) is 47.5 Å². The van der Waals surface area contributed by atoms with E-state index in [2.05, 4.69) is 10.6 Å². The molecule has 0 radical (unpaired) electrons. The molecule has 2 N–H and O–H groups in total. The van der Waals surface area contributed by atoms with Gasteiger partial charge in [-0.3, -0.25) is 29.4 Å². The molecule has 4 heterocycles. The lowest BCUT2D eigenvalue weighted by Gasteiger charge is -2.47. The number of carbonyl (C=O) groups excluding carboxylic acids is 4. The number of amides is 4. The molecule has 6 rings (SSSR count). The van der Waals surface area contributed by atoms with Crippen LogP contribution in [0.2, 0.25) is 0 Å². The van der Waals surface area contributed by atoms with Gasteiger partial charge in [-0.15, -0.1) is 0 Å². The minimum Gasteiger partial charge on any atom is -0.311 e. The van der Waals surface area contributed by atoms with E-state index in [9.17, 15) is 28.0 Å². The van der Waals surface area contributed by atoms with E-state index < -0.39 is 41.3 Å². The minimum atomic E-state index is -1.17. The van der Waals surface area contributed by atoms with Crippen molar-refractivity contribution in [3.63, 3.8) is 0 Å². The molecule has 5 aliphatic rings. The first-order valence-electron chi connectivity index (χ1n) is 9.34. The van der Waals surface area contributed by atoms with E-state index >= 15 is 0 Å². The fourth-order valence-corrected chi connectivity index (χ4v) is 4.98. The third kappa shape index (κ3) is 2.35. The maximum atomic E-state index is 14.8. The molecule has 7 nitrogen and oxygen atoms in total. The summed E-state index contributed by atoms with van der Waals surface area (Å²) in [6, 6.07) is -0.0336. The van der Waals surface area contributed by atoms with Crippen molar-refractivity contribution in [1.29, 1.82) is 0 Å². The lowest BCUT2D eigenvalue weighted by atomic mass is 9.72. The first kappa shape index (κ1) is 17.4. The van der Waals surface area contributed by atoms with Crippen molar-refractivity contribution in [3.05, 3.63) is 34.4 Å². The molecular weight excluding hydrogens is 372 g/mol. The van der Waals surface area contributed by atoms with Gasteiger partial charge in [0.25, 0.3) is 11.8 Å². The third-order valence-electron chi connectivity index (χ3n) is 6.25. The third-order valence-corrected chi connectivity index (χ3v) is 6.25. The van der Waals surface area contributed by atoms with E-state index in [4.69, 9.17) is 0 Å². The van der Waals surface area contributed by atoms with E-state index in [0.717, 1.165) is 17.4 Å². The van der Waals surface area contributed by atoms with E-state index in [1.807, 2.05) is 0 Å². The van der Waals surface area contributed by atoms with Crippen molar-refractivity contribution in [2.45, 2.75) is 56.1 Å². The number of nitrogens with zero attached hydrogens (tertiary/aromatic N) is 1. The van der Waals surface area contributed by atoms with Crippen LogP contribution in [0.1, 0.15) is 64.3 Å². The smallest absolute Gasteiger partial charge is 0.262 e. The van der Waals surface area contributed by atoms with Crippen LogP contribution in [0.15, 0.2) is 6.07 Å². The molecule has 0 spiro atoms.